The average Bonchev–Trinajstić information content (AvgIpc) is 2.56. The summed E-state index contributed by atoms with van der Waals surface area (Å²) in [5.74, 6) is 1.46. The van der Waals surface area contributed by atoms with Gasteiger partial charge in [0.15, 0.2) is 0 Å². The van der Waals surface area contributed by atoms with E-state index in [0.717, 1.165) is 12.1 Å². The molecule has 0 unspecified atom stereocenters. The molecule has 0 aromatic heterocycles. The Labute approximate surface area is 147 Å². The summed E-state index contributed by atoms with van der Waals surface area (Å²) in [5.41, 5.74) is 0. The van der Waals surface area contributed by atoms with Gasteiger partial charge in [-0.05, 0) is 48.5 Å². The predicted molar refractivity (Wildman–Crippen MR) is 87.8 cm³/mol. The van der Waals surface area contributed by atoms with Gasteiger partial charge in [-0.1, -0.05) is 12.1 Å². The normalized spacial score (nSPS) is 11.0. The van der Waals surface area contributed by atoms with Gasteiger partial charge in [-0.25, -0.2) is 0 Å². The molecule has 0 aliphatic rings. The van der Waals surface area contributed by atoms with Crippen LogP contribution in [0.25, 0.3) is 0 Å². The maximum Gasteiger partial charge on any atom is 0.573 e. The smallest absolute Gasteiger partial charge is 0.508 e. The van der Waals surface area contributed by atoms with E-state index in [1.807, 2.05) is 0 Å². The van der Waals surface area contributed by atoms with E-state index >= 15 is 0 Å². The maximum absolute atomic E-state index is 12.2. The fourth-order valence-electron chi connectivity index (χ4n) is 2.13. The quantitative estimate of drug-likeness (QED) is 0.616. The number of hydrogen-bond acceptors (Lipinski definition) is 4. The Morgan fingerprint density at radius 3 is 1.69 bits per heavy atom. The highest BCUT2D eigenvalue weighted by molar-refractivity contribution is 5.41. The van der Waals surface area contributed by atoms with Crippen LogP contribution < -0.4 is 14.2 Å². The number of ether oxygens (including phenoxy) is 3. The molecule has 0 saturated heterocycles. The molecule has 1 N–H and O–H groups in total. The third-order valence-corrected chi connectivity index (χ3v) is 3.15. The Morgan fingerprint density at radius 2 is 1.12 bits per heavy atom. The molecule has 0 amide bonds. The minimum absolute atomic E-state index is 0.0797. The number of rotatable bonds is 5. The molecule has 3 aromatic rings. The van der Waals surface area contributed by atoms with E-state index in [4.69, 9.17) is 9.47 Å². The van der Waals surface area contributed by atoms with Gasteiger partial charge in [0.25, 0.3) is 0 Å². The molecule has 0 fully saturated rings. The highest BCUT2D eigenvalue weighted by Crippen LogP contribution is 2.31. The van der Waals surface area contributed by atoms with Crippen molar-refractivity contribution < 1.29 is 32.5 Å². The molecule has 26 heavy (non-hydrogen) atoms. The number of benzene rings is 3. The van der Waals surface area contributed by atoms with Crippen LogP contribution in [0.2, 0.25) is 0 Å². The van der Waals surface area contributed by atoms with Gasteiger partial charge in [-0.2, -0.15) is 0 Å². The minimum atomic E-state index is -4.74. The lowest BCUT2D eigenvalue weighted by Crippen LogP contribution is -2.16. The summed E-state index contributed by atoms with van der Waals surface area (Å²) in [6, 6.07) is 18.1. The summed E-state index contributed by atoms with van der Waals surface area (Å²) in [7, 11) is 0. The predicted octanol–water partition coefficient (Wildman–Crippen LogP) is 5.88. The van der Waals surface area contributed by atoms with E-state index in [9.17, 15) is 18.3 Å². The zero-order valence-electron chi connectivity index (χ0n) is 13.2. The molecule has 3 aromatic carbocycles. The third-order valence-electron chi connectivity index (χ3n) is 3.15. The molecule has 0 radical (unpaired) electrons. The molecule has 0 aliphatic carbocycles. The van der Waals surface area contributed by atoms with Crippen molar-refractivity contribution in [2.45, 2.75) is 6.36 Å². The lowest BCUT2D eigenvalue weighted by Gasteiger charge is -2.11. The lowest BCUT2D eigenvalue weighted by molar-refractivity contribution is -0.274. The van der Waals surface area contributed by atoms with Crippen LogP contribution >= 0.6 is 0 Å². The summed E-state index contributed by atoms with van der Waals surface area (Å²) in [6.45, 7) is 0. The van der Waals surface area contributed by atoms with Crippen molar-refractivity contribution in [3.63, 3.8) is 0 Å². The summed E-state index contributed by atoms with van der Waals surface area (Å²) in [4.78, 5) is 0. The first-order valence-electron chi connectivity index (χ1n) is 7.48. The van der Waals surface area contributed by atoms with Crippen LogP contribution in [0.5, 0.6) is 34.5 Å². The maximum atomic E-state index is 12.2. The van der Waals surface area contributed by atoms with E-state index in [1.54, 1.807) is 36.4 Å². The zero-order chi connectivity index (χ0) is 18.6. The molecule has 4 nitrogen and oxygen atoms in total. The van der Waals surface area contributed by atoms with Crippen LogP contribution in [0.4, 0.5) is 13.2 Å². The van der Waals surface area contributed by atoms with Gasteiger partial charge in [0.1, 0.15) is 34.5 Å². The van der Waals surface area contributed by atoms with Crippen molar-refractivity contribution >= 4 is 0 Å². The SMILES string of the molecule is Oc1cccc(Oc2cccc(Oc3ccc(OC(F)(F)F)cc3)c2)c1. The molecule has 0 saturated carbocycles. The highest BCUT2D eigenvalue weighted by atomic mass is 19.4. The summed E-state index contributed by atoms with van der Waals surface area (Å²) in [6.07, 6.45) is -4.74. The van der Waals surface area contributed by atoms with Crippen LogP contribution in [-0.2, 0) is 0 Å². The lowest BCUT2D eigenvalue weighted by atomic mass is 10.3. The Hall–Kier alpha value is -3.35. The van der Waals surface area contributed by atoms with E-state index in [-0.39, 0.29) is 11.5 Å². The van der Waals surface area contributed by atoms with Crippen molar-refractivity contribution in [3.8, 4) is 34.5 Å². The molecular weight excluding hydrogens is 349 g/mol. The van der Waals surface area contributed by atoms with Crippen molar-refractivity contribution in [1.82, 2.24) is 0 Å². The van der Waals surface area contributed by atoms with Crippen molar-refractivity contribution in [3.05, 3.63) is 72.8 Å². The average molecular weight is 362 g/mol. The largest absolute Gasteiger partial charge is 0.573 e. The molecule has 0 heterocycles. The highest BCUT2D eigenvalue weighted by Gasteiger charge is 2.30. The molecule has 0 bridgehead atoms. The van der Waals surface area contributed by atoms with Gasteiger partial charge in [0, 0.05) is 12.1 Å². The molecule has 0 spiro atoms. The second-order valence-corrected chi connectivity index (χ2v) is 5.20. The van der Waals surface area contributed by atoms with Gasteiger partial charge >= 0.3 is 6.36 Å². The Morgan fingerprint density at radius 1 is 0.615 bits per heavy atom. The van der Waals surface area contributed by atoms with E-state index in [0.29, 0.717) is 23.0 Å². The van der Waals surface area contributed by atoms with Crippen molar-refractivity contribution in [2.24, 2.45) is 0 Å². The standard InChI is InChI=1S/C19H13F3O4/c20-19(21,22)26-15-9-7-14(8-10-15)24-17-5-2-6-18(12-17)25-16-4-1-3-13(23)11-16/h1-12,23H. The van der Waals surface area contributed by atoms with E-state index in [1.165, 1.54) is 24.3 Å². The molecule has 134 valence electrons. The first-order chi connectivity index (χ1) is 12.4. The number of phenolic OH excluding ortho intramolecular Hbond substituents is 1. The van der Waals surface area contributed by atoms with Crippen molar-refractivity contribution in [1.29, 1.82) is 0 Å². The number of aromatic hydroxyl groups is 1. The first-order valence-corrected chi connectivity index (χ1v) is 7.48. The Balaban J connectivity index is 1.68. The molecule has 0 aliphatic heterocycles. The van der Waals surface area contributed by atoms with E-state index < -0.39 is 6.36 Å². The molecule has 0 atom stereocenters. The third kappa shape index (κ3) is 5.07. The molecule has 3 rings (SSSR count). The second kappa shape index (κ2) is 7.26. The van der Waals surface area contributed by atoms with Gasteiger partial charge in [-0.15, -0.1) is 13.2 Å². The number of hydrogen-bond donors (Lipinski definition) is 1. The summed E-state index contributed by atoms with van der Waals surface area (Å²) in [5, 5.41) is 9.45. The summed E-state index contributed by atoms with van der Waals surface area (Å²) >= 11 is 0. The fourth-order valence-corrected chi connectivity index (χ4v) is 2.13. The van der Waals surface area contributed by atoms with E-state index in [2.05, 4.69) is 4.74 Å². The molecular formula is C19H13F3O4. The monoisotopic (exact) mass is 362 g/mol. The number of halogens is 3. The van der Waals surface area contributed by atoms with Gasteiger partial charge < -0.3 is 19.3 Å². The number of phenols is 1. The minimum Gasteiger partial charge on any atom is -0.508 e. The van der Waals surface area contributed by atoms with Gasteiger partial charge in [0.2, 0.25) is 0 Å². The van der Waals surface area contributed by atoms with Crippen LogP contribution in [0.1, 0.15) is 0 Å². The zero-order valence-corrected chi connectivity index (χ0v) is 13.2. The van der Waals surface area contributed by atoms with Crippen LogP contribution in [0.3, 0.4) is 0 Å². The topological polar surface area (TPSA) is 47.9 Å². The first kappa shape index (κ1) is 17.5. The fraction of sp³-hybridized carbons (Fsp3) is 0.0526. The van der Waals surface area contributed by atoms with Gasteiger partial charge in [0.05, 0.1) is 0 Å². The molecule has 7 heteroatoms. The van der Waals surface area contributed by atoms with Crippen LogP contribution in [-0.4, -0.2) is 11.5 Å². The van der Waals surface area contributed by atoms with Crippen molar-refractivity contribution in [2.75, 3.05) is 0 Å². The second-order valence-electron chi connectivity index (χ2n) is 5.20. The Bertz CT molecular complexity index is 876. The Kier molecular flexibility index (Phi) is 4.88. The summed E-state index contributed by atoms with van der Waals surface area (Å²) < 4.78 is 51.5. The van der Waals surface area contributed by atoms with Crippen LogP contribution in [0.15, 0.2) is 72.8 Å². The number of alkyl halides is 3. The van der Waals surface area contributed by atoms with Crippen LogP contribution in [0, 0.1) is 0 Å². The van der Waals surface area contributed by atoms with Gasteiger partial charge in [-0.3, -0.25) is 0 Å².